The Morgan fingerprint density at radius 3 is 2.45 bits per heavy atom. The van der Waals surface area contributed by atoms with E-state index < -0.39 is 5.97 Å². The molecule has 2 heteroatoms. The van der Waals surface area contributed by atoms with Gasteiger partial charge in [0.15, 0.2) is 0 Å². The molecule has 0 heterocycles. The number of hydrogen-bond donors (Lipinski definition) is 1. The van der Waals surface area contributed by atoms with Gasteiger partial charge < -0.3 is 5.11 Å². The van der Waals surface area contributed by atoms with Crippen LogP contribution in [-0.2, 0) is 4.79 Å². The van der Waals surface area contributed by atoms with Gasteiger partial charge in [0.1, 0.15) is 0 Å². The van der Waals surface area contributed by atoms with Crippen molar-refractivity contribution in [1.29, 1.82) is 0 Å². The Balaban J connectivity index is 3.51. The fraction of sp³-hybridized carbons (Fsp3) is 0.222. The SMILES string of the molecule is CC=CC=CC=CCC(=O)O. The summed E-state index contributed by atoms with van der Waals surface area (Å²) in [5, 5.41) is 8.23. The fourth-order valence-corrected chi connectivity index (χ4v) is 0.487. The second-order valence-corrected chi connectivity index (χ2v) is 1.94. The summed E-state index contributed by atoms with van der Waals surface area (Å²) >= 11 is 0. The lowest BCUT2D eigenvalue weighted by Gasteiger charge is -1.79. The second-order valence-electron chi connectivity index (χ2n) is 1.94. The highest BCUT2D eigenvalue weighted by Crippen LogP contribution is 1.84. The number of carboxylic acids is 1. The molecule has 0 unspecified atom stereocenters. The summed E-state index contributed by atoms with van der Waals surface area (Å²) in [4.78, 5) is 10.00. The molecule has 0 saturated heterocycles. The van der Waals surface area contributed by atoms with E-state index in [0.29, 0.717) is 0 Å². The Morgan fingerprint density at radius 1 is 1.27 bits per heavy atom. The average Bonchev–Trinajstić information content (AvgIpc) is 1.96. The van der Waals surface area contributed by atoms with E-state index in [4.69, 9.17) is 5.11 Å². The molecule has 0 atom stereocenters. The first kappa shape index (κ1) is 9.69. The van der Waals surface area contributed by atoms with Crippen molar-refractivity contribution < 1.29 is 9.90 Å². The van der Waals surface area contributed by atoms with Gasteiger partial charge in [-0.1, -0.05) is 36.5 Å². The summed E-state index contributed by atoms with van der Waals surface area (Å²) in [7, 11) is 0. The maximum atomic E-state index is 10.00. The minimum absolute atomic E-state index is 0.0835. The maximum Gasteiger partial charge on any atom is 0.307 e. The van der Waals surface area contributed by atoms with Gasteiger partial charge >= 0.3 is 5.97 Å². The van der Waals surface area contributed by atoms with Gasteiger partial charge in [-0.05, 0) is 6.92 Å². The Morgan fingerprint density at radius 2 is 1.91 bits per heavy atom. The molecule has 0 rings (SSSR count). The van der Waals surface area contributed by atoms with Crippen LogP contribution in [0.5, 0.6) is 0 Å². The van der Waals surface area contributed by atoms with E-state index in [9.17, 15) is 4.79 Å². The molecule has 0 spiro atoms. The van der Waals surface area contributed by atoms with E-state index >= 15 is 0 Å². The van der Waals surface area contributed by atoms with Gasteiger partial charge in [0.25, 0.3) is 0 Å². The monoisotopic (exact) mass is 152 g/mol. The molecule has 0 aromatic carbocycles. The van der Waals surface area contributed by atoms with Gasteiger partial charge in [-0.2, -0.15) is 0 Å². The first-order valence-corrected chi connectivity index (χ1v) is 3.43. The Labute approximate surface area is 66.5 Å². The molecule has 0 aromatic heterocycles. The lowest BCUT2D eigenvalue weighted by atomic mass is 10.3. The summed E-state index contributed by atoms with van der Waals surface area (Å²) in [6.45, 7) is 1.92. The van der Waals surface area contributed by atoms with Crippen LogP contribution in [0.4, 0.5) is 0 Å². The van der Waals surface area contributed by atoms with Crippen molar-refractivity contribution in [1.82, 2.24) is 0 Å². The summed E-state index contributed by atoms with van der Waals surface area (Å²) in [6.07, 6.45) is 10.8. The summed E-state index contributed by atoms with van der Waals surface area (Å²) in [5.74, 6) is -0.805. The molecule has 60 valence electrons. The standard InChI is InChI=1S/C9H12O2/c1-2-3-4-5-6-7-8-9(10)11/h2-7H,8H2,1H3,(H,10,11). The van der Waals surface area contributed by atoms with Crippen molar-refractivity contribution in [3.8, 4) is 0 Å². The van der Waals surface area contributed by atoms with E-state index in [1.807, 2.05) is 25.2 Å². The molecular formula is C9H12O2. The first-order valence-electron chi connectivity index (χ1n) is 3.43. The molecule has 0 aliphatic rings. The van der Waals surface area contributed by atoms with E-state index in [-0.39, 0.29) is 6.42 Å². The minimum Gasteiger partial charge on any atom is -0.481 e. The van der Waals surface area contributed by atoms with Gasteiger partial charge in [0.05, 0.1) is 6.42 Å². The van der Waals surface area contributed by atoms with Gasteiger partial charge in [0, 0.05) is 0 Å². The van der Waals surface area contributed by atoms with Crippen LogP contribution in [0.2, 0.25) is 0 Å². The third-order valence-electron chi connectivity index (χ3n) is 0.954. The van der Waals surface area contributed by atoms with Gasteiger partial charge in [-0.25, -0.2) is 0 Å². The van der Waals surface area contributed by atoms with Crippen LogP contribution in [0.1, 0.15) is 13.3 Å². The van der Waals surface area contributed by atoms with E-state index in [2.05, 4.69) is 0 Å². The predicted octanol–water partition coefficient (Wildman–Crippen LogP) is 2.15. The van der Waals surface area contributed by atoms with Crippen LogP contribution >= 0.6 is 0 Å². The highest BCUT2D eigenvalue weighted by molar-refractivity contribution is 5.68. The Bertz CT molecular complexity index is 188. The van der Waals surface area contributed by atoms with Crippen molar-refractivity contribution in [2.75, 3.05) is 0 Å². The molecule has 11 heavy (non-hydrogen) atoms. The maximum absolute atomic E-state index is 10.00. The molecule has 2 nitrogen and oxygen atoms in total. The average molecular weight is 152 g/mol. The largest absolute Gasteiger partial charge is 0.481 e. The third kappa shape index (κ3) is 8.69. The third-order valence-corrected chi connectivity index (χ3v) is 0.954. The Kier molecular flexibility index (Phi) is 5.99. The molecule has 1 N–H and O–H groups in total. The molecule has 0 bridgehead atoms. The van der Waals surface area contributed by atoms with Gasteiger partial charge in [-0.3, -0.25) is 4.79 Å². The zero-order valence-electron chi connectivity index (χ0n) is 6.53. The van der Waals surface area contributed by atoms with Crippen molar-refractivity contribution >= 4 is 5.97 Å². The smallest absolute Gasteiger partial charge is 0.307 e. The van der Waals surface area contributed by atoms with Crippen LogP contribution in [-0.4, -0.2) is 11.1 Å². The summed E-state index contributed by atoms with van der Waals surface area (Å²) in [6, 6.07) is 0. The molecule has 0 saturated carbocycles. The highest BCUT2D eigenvalue weighted by atomic mass is 16.4. The lowest BCUT2D eigenvalue weighted by molar-refractivity contribution is -0.135. The first-order chi connectivity index (χ1) is 5.27. The van der Waals surface area contributed by atoms with Crippen LogP contribution in [0.25, 0.3) is 0 Å². The summed E-state index contributed by atoms with van der Waals surface area (Å²) in [5.41, 5.74) is 0. The molecule has 0 fully saturated rings. The zero-order valence-corrected chi connectivity index (χ0v) is 6.53. The molecule has 0 radical (unpaired) electrons. The van der Waals surface area contributed by atoms with Crippen LogP contribution < -0.4 is 0 Å². The van der Waals surface area contributed by atoms with Gasteiger partial charge in [-0.15, -0.1) is 0 Å². The zero-order chi connectivity index (χ0) is 8.53. The minimum atomic E-state index is -0.805. The predicted molar refractivity (Wildman–Crippen MR) is 45.3 cm³/mol. The fourth-order valence-electron chi connectivity index (χ4n) is 0.487. The van der Waals surface area contributed by atoms with E-state index in [0.717, 1.165) is 0 Å². The molecule has 0 aromatic rings. The molecule has 0 aliphatic heterocycles. The van der Waals surface area contributed by atoms with E-state index in [1.54, 1.807) is 18.2 Å². The number of allylic oxidation sites excluding steroid dienone is 5. The van der Waals surface area contributed by atoms with Crippen molar-refractivity contribution in [2.45, 2.75) is 13.3 Å². The number of carboxylic acid groups (broad SMARTS) is 1. The van der Waals surface area contributed by atoms with E-state index in [1.165, 1.54) is 0 Å². The number of aliphatic carboxylic acids is 1. The summed E-state index contributed by atoms with van der Waals surface area (Å²) < 4.78 is 0. The number of rotatable bonds is 4. The lowest BCUT2D eigenvalue weighted by Crippen LogP contribution is -1.89. The normalized spacial score (nSPS) is 12.1. The highest BCUT2D eigenvalue weighted by Gasteiger charge is 1.86. The quantitative estimate of drug-likeness (QED) is 0.627. The van der Waals surface area contributed by atoms with Gasteiger partial charge in [0.2, 0.25) is 0 Å². The van der Waals surface area contributed by atoms with Crippen molar-refractivity contribution in [2.24, 2.45) is 0 Å². The molecule has 0 aliphatic carbocycles. The van der Waals surface area contributed by atoms with Crippen molar-refractivity contribution in [3.05, 3.63) is 36.5 Å². The second kappa shape index (κ2) is 6.81. The molecular weight excluding hydrogens is 140 g/mol. The number of hydrogen-bond acceptors (Lipinski definition) is 1. The Hall–Kier alpha value is -1.31. The van der Waals surface area contributed by atoms with Crippen LogP contribution in [0.15, 0.2) is 36.5 Å². The topological polar surface area (TPSA) is 37.3 Å². The van der Waals surface area contributed by atoms with Crippen LogP contribution in [0.3, 0.4) is 0 Å². The molecule has 0 amide bonds. The van der Waals surface area contributed by atoms with Crippen molar-refractivity contribution in [3.63, 3.8) is 0 Å². The number of carbonyl (C=O) groups is 1. The van der Waals surface area contributed by atoms with Crippen LogP contribution in [0, 0.1) is 0 Å².